The highest BCUT2D eigenvalue weighted by Crippen LogP contribution is 2.45. The van der Waals surface area contributed by atoms with Crippen LogP contribution in [-0.4, -0.2) is 0 Å². The normalized spacial score (nSPS) is 18.2. The van der Waals surface area contributed by atoms with Gasteiger partial charge in [-0.25, -0.2) is 8.96 Å². The lowest BCUT2D eigenvalue weighted by Gasteiger charge is -2.37. The lowest BCUT2D eigenvalue weighted by Crippen LogP contribution is -2.31. The van der Waals surface area contributed by atoms with Crippen molar-refractivity contribution in [1.82, 2.24) is 0 Å². The maximum absolute atomic E-state index is 15.5. The molecule has 0 atom stereocenters. The number of furan rings is 1. The Hall–Kier alpha value is -3.46. The molecule has 1 fully saturated rings. The van der Waals surface area contributed by atoms with Crippen molar-refractivity contribution in [3.63, 3.8) is 0 Å². The molecule has 1 aliphatic carbocycles. The fraction of sp³-hybridized carbons (Fsp3) is 0.361. The molecule has 3 aromatic carbocycles. The molecular formula is C36H39FNO+. The zero-order valence-corrected chi connectivity index (χ0v) is 24.1. The topological polar surface area (TPSA) is 17.0 Å². The third kappa shape index (κ3) is 4.56. The van der Waals surface area contributed by atoms with Crippen LogP contribution in [0, 0.1) is 31.0 Å². The molecular weight excluding hydrogens is 481 g/mol. The van der Waals surface area contributed by atoms with Crippen molar-refractivity contribution in [3.8, 4) is 22.4 Å². The molecule has 1 aliphatic rings. The van der Waals surface area contributed by atoms with Crippen LogP contribution >= 0.6 is 0 Å². The molecule has 39 heavy (non-hydrogen) atoms. The van der Waals surface area contributed by atoms with Gasteiger partial charge in [-0.05, 0) is 91.7 Å². The zero-order valence-electron chi connectivity index (χ0n) is 24.1. The van der Waals surface area contributed by atoms with Crippen molar-refractivity contribution in [1.29, 1.82) is 0 Å². The maximum atomic E-state index is 15.5. The second-order valence-electron chi connectivity index (χ2n) is 12.8. The number of aryl methyl sites for hydroxylation is 3. The number of hydrogen-bond donors (Lipinski definition) is 0. The van der Waals surface area contributed by atoms with Crippen molar-refractivity contribution in [3.05, 3.63) is 89.4 Å². The van der Waals surface area contributed by atoms with E-state index in [0.29, 0.717) is 22.5 Å². The van der Waals surface area contributed by atoms with Gasteiger partial charge in [-0.1, -0.05) is 57.2 Å². The highest BCUT2D eigenvalue weighted by atomic mass is 19.1. The van der Waals surface area contributed by atoms with Crippen molar-refractivity contribution in [2.45, 2.75) is 66.2 Å². The summed E-state index contributed by atoms with van der Waals surface area (Å²) < 4.78 is 24.2. The van der Waals surface area contributed by atoms with Gasteiger partial charge in [-0.15, -0.1) is 0 Å². The van der Waals surface area contributed by atoms with Crippen molar-refractivity contribution in [2.24, 2.45) is 18.4 Å². The minimum absolute atomic E-state index is 0.251. The number of rotatable bonds is 3. The van der Waals surface area contributed by atoms with Crippen LogP contribution in [0.2, 0.25) is 0 Å². The molecule has 1 saturated carbocycles. The van der Waals surface area contributed by atoms with E-state index in [0.717, 1.165) is 44.7 Å². The van der Waals surface area contributed by atoms with Gasteiger partial charge in [0.15, 0.2) is 6.20 Å². The van der Waals surface area contributed by atoms with Gasteiger partial charge in [0.2, 0.25) is 5.69 Å². The molecule has 0 unspecified atom stereocenters. The molecule has 3 heteroatoms. The highest BCUT2D eigenvalue weighted by molar-refractivity contribution is 6.13. The van der Waals surface area contributed by atoms with Crippen LogP contribution in [-0.2, 0) is 7.05 Å². The van der Waals surface area contributed by atoms with E-state index in [1.807, 2.05) is 6.07 Å². The van der Waals surface area contributed by atoms with Crippen LogP contribution in [0.3, 0.4) is 0 Å². The van der Waals surface area contributed by atoms with E-state index in [1.165, 1.54) is 36.8 Å². The average molecular weight is 521 g/mol. The molecule has 6 rings (SSSR count). The highest BCUT2D eigenvalue weighted by Gasteiger charge is 2.30. The van der Waals surface area contributed by atoms with Crippen LogP contribution < -0.4 is 4.57 Å². The second kappa shape index (κ2) is 9.62. The Labute approximate surface area is 231 Å². The van der Waals surface area contributed by atoms with Gasteiger partial charge in [0.05, 0.1) is 11.1 Å². The molecule has 0 amide bonds. The minimum Gasteiger partial charge on any atom is -0.454 e. The summed E-state index contributed by atoms with van der Waals surface area (Å²) in [7, 11) is 2.06. The molecule has 0 radical (unpaired) electrons. The maximum Gasteiger partial charge on any atom is 0.216 e. The Balaban J connectivity index is 1.42. The number of pyridine rings is 1. The van der Waals surface area contributed by atoms with Crippen molar-refractivity contribution in [2.75, 3.05) is 0 Å². The number of halogens is 1. The predicted molar refractivity (Wildman–Crippen MR) is 159 cm³/mol. The van der Waals surface area contributed by atoms with Crippen LogP contribution in [0.1, 0.15) is 69.1 Å². The number of aromatic nitrogens is 1. The van der Waals surface area contributed by atoms with E-state index in [-0.39, 0.29) is 5.82 Å². The lowest BCUT2D eigenvalue weighted by atomic mass is 9.68. The standard InChI is InChI=1S/C36H39FNO/c1-22-7-20-31(38(6)21-22)32-23(2)8-17-28-29-18-19-30(37)33(35(29)39-34(28)32)26-11-9-24(10-12-26)25-13-15-27(16-14-25)36(3,4)5/h7-12,17-21,25,27H,13-16H2,1-6H3/q+1. The summed E-state index contributed by atoms with van der Waals surface area (Å²) in [5, 5.41) is 1.96. The molecule has 2 heterocycles. The van der Waals surface area contributed by atoms with E-state index in [2.05, 4.69) is 101 Å². The first kappa shape index (κ1) is 25.8. The smallest absolute Gasteiger partial charge is 0.216 e. The van der Waals surface area contributed by atoms with E-state index >= 15 is 4.39 Å². The van der Waals surface area contributed by atoms with Crippen molar-refractivity contribution < 1.29 is 13.4 Å². The van der Waals surface area contributed by atoms with Crippen LogP contribution in [0.25, 0.3) is 44.3 Å². The SMILES string of the molecule is Cc1ccc(-c2c(C)ccc3c2oc2c(-c4ccc(C5CCC(C(C)(C)C)CC5)cc4)c(F)ccc23)[n+](C)c1. The summed E-state index contributed by atoms with van der Waals surface area (Å²) in [5.74, 6) is 1.13. The molecule has 0 saturated heterocycles. The van der Waals surface area contributed by atoms with E-state index in [4.69, 9.17) is 4.42 Å². The quantitative estimate of drug-likeness (QED) is 0.216. The van der Waals surface area contributed by atoms with E-state index < -0.39 is 0 Å². The molecule has 0 spiro atoms. The summed E-state index contributed by atoms with van der Waals surface area (Å²) in [4.78, 5) is 0. The first-order valence-corrected chi connectivity index (χ1v) is 14.3. The number of benzene rings is 3. The largest absolute Gasteiger partial charge is 0.454 e. The molecule has 0 aliphatic heterocycles. The molecule has 0 bridgehead atoms. The van der Waals surface area contributed by atoms with Gasteiger partial charge in [0.1, 0.15) is 24.0 Å². The Bertz CT molecular complexity index is 1680. The second-order valence-corrected chi connectivity index (χ2v) is 12.8. The zero-order chi connectivity index (χ0) is 27.5. The van der Waals surface area contributed by atoms with Gasteiger partial charge >= 0.3 is 0 Å². The summed E-state index contributed by atoms with van der Waals surface area (Å²) in [6, 6.07) is 20.5. The molecule has 2 nitrogen and oxygen atoms in total. The van der Waals surface area contributed by atoms with Gasteiger partial charge in [-0.2, -0.15) is 0 Å². The summed E-state index contributed by atoms with van der Waals surface area (Å²) in [5.41, 5.74) is 9.05. The summed E-state index contributed by atoms with van der Waals surface area (Å²) >= 11 is 0. The molecule has 5 aromatic rings. The van der Waals surface area contributed by atoms with Crippen molar-refractivity contribution >= 4 is 21.9 Å². The predicted octanol–water partition coefficient (Wildman–Crippen LogP) is 9.82. The number of nitrogens with zero attached hydrogens (tertiary/aromatic N) is 1. The molecule has 2 aromatic heterocycles. The minimum atomic E-state index is -0.251. The molecule has 0 N–H and O–H groups in total. The Morgan fingerprint density at radius 2 is 1.41 bits per heavy atom. The average Bonchev–Trinajstić information content (AvgIpc) is 3.27. The first-order chi connectivity index (χ1) is 18.6. The van der Waals surface area contributed by atoms with Gasteiger partial charge in [0, 0.05) is 22.4 Å². The first-order valence-electron chi connectivity index (χ1n) is 14.3. The van der Waals surface area contributed by atoms with E-state index in [9.17, 15) is 0 Å². The Morgan fingerprint density at radius 3 is 2.05 bits per heavy atom. The Kier molecular flexibility index (Phi) is 6.37. The van der Waals surface area contributed by atoms with E-state index in [1.54, 1.807) is 6.07 Å². The third-order valence-corrected chi connectivity index (χ3v) is 9.13. The fourth-order valence-electron chi connectivity index (χ4n) is 6.79. The van der Waals surface area contributed by atoms with Gasteiger partial charge in [0.25, 0.3) is 0 Å². The Morgan fingerprint density at radius 1 is 0.769 bits per heavy atom. The number of hydrogen-bond acceptors (Lipinski definition) is 1. The monoisotopic (exact) mass is 520 g/mol. The van der Waals surface area contributed by atoms with Crippen LogP contribution in [0.15, 0.2) is 71.3 Å². The third-order valence-electron chi connectivity index (χ3n) is 9.13. The van der Waals surface area contributed by atoms with Crippen LogP contribution in [0.5, 0.6) is 0 Å². The lowest BCUT2D eigenvalue weighted by molar-refractivity contribution is -0.660. The number of fused-ring (bicyclic) bond motifs is 3. The summed E-state index contributed by atoms with van der Waals surface area (Å²) in [6.45, 7) is 11.3. The fourth-order valence-corrected chi connectivity index (χ4v) is 6.79. The molecule has 200 valence electrons. The van der Waals surface area contributed by atoms with Gasteiger partial charge < -0.3 is 4.42 Å². The summed E-state index contributed by atoms with van der Waals surface area (Å²) in [6.07, 6.45) is 7.14. The van der Waals surface area contributed by atoms with Gasteiger partial charge in [-0.3, -0.25) is 0 Å². The van der Waals surface area contributed by atoms with Crippen LogP contribution in [0.4, 0.5) is 4.39 Å².